The summed E-state index contributed by atoms with van der Waals surface area (Å²) in [4.78, 5) is 37.4. The topological polar surface area (TPSA) is 84.9 Å². The quantitative estimate of drug-likeness (QED) is 0.625. The van der Waals surface area contributed by atoms with Crippen molar-refractivity contribution in [2.45, 2.75) is 57.0 Å². The van der Waals surface area contributed by atoms with Crippen LogP contribution in [0.15, 0.2) is 30.3 Å². The van der Waals surface area contributed by atoms with Crippen molar-refractivity contribution in [2.75, 3.05) is 13.2 Å². The molecule has 0 bridgehead atoms. The maximum absolute atomic E-state index is 12.7. The normalized spacial score (nSPS) is 20.9. The summed E-state index contributed by atoms with van der Waals surface area (Å²) in [6.07, 6.45) is -3.12. The van der Waals surface area contributed by atoms with Gasteiger partial charge in [0, 0.05) is 6.54 Å². The summed E-state index contributed by atoms with van der Waals surface area (Å²) < 4.78 is 48.5. The van der Waals surface area contributed by atoms with E-state index in [2.05, 4.69) is 0 Å². The summed E-state index contributed by atoms with van der Waals surface area (Å²) in [5, 5.41) is 1.90. The molecule has 1 aliphatic heterocycles. The van der Waals surface area contributed by atoms with Crippen LogP contribution in [0.1, 0.15) is 37.7 Å². The molecule has 7 nitrogen and oxygen atoms in total. The maximum atomic E-state index is 12.7. The molecule has 0 spiro atoms. The van der Waals surface area contributed by atoms with Crippen molar-refractivity contribution in [3.63, 3.8) is 0 Å². The minimum Gasteiger partial charge on any atom is -0.466 e. The minimum absolute atomic E-state index is 0.0195. The second-order valence-electron chi connectivity index (χ2n) is 7.82. The van der Waals surface area contributed by atoms with Crippen LogP contribution < -0.4 is 5.32 Å². The lowest BCUT2D eigenvalue weighted by atomic mass is 10.1. The highest BCUT2D eigenvalue weighted by molar-refractivity contribution is 5.82. The predicted molar refractivity (Wildman–Crippen MR) is 103 cm³/mol. The Morgan fingerprint density at radius 2 is 1.77 bits per heavy atom. The number of carbonyl (C=O) groups excluding carboxylic acids is 3. The molecule has 1 heterocycles. The number of nitrogens with zero attached hydrogens (tertiary/aromatic N) is 1. The summed E-state index contributed by atoms with van der Waals surface area (Å²) in [6.45, 7) is 0.263. The number of benzene rings is 1. The number of hydrogen-bond donors (Lipinski definition) is 1. The van der Waals surface area contributed by atoms with Crippen LogP contribution >= 0.6 is 0 Å². The van der Waals surface area contributed by atoms with E-state index in [0.29, 0.717) is 5.92 Å². The van der Waals surface area contributed by atoms with Crippen molar-refractivity contribution in [3.05, 3.63) is 35.9 Å². The van der Waals surface area contributed by atoms with Gasteiger partial charge in [0.2, 0.25) is 0 Å². The van der Waals surface area contributed by atoms with Gasteiger partial charge in [-0.15, -0.1) is 0 Å². The Morgan fingerprint density at radius 1 is 1.06 bits per heavy atom. The van der Waals surface area contributed by atoms with Gasteiger partial charge in [0.1, 0.15) is 6.61 Å². The monoisotopic (exact) mass is 442 g/mol. The Balaban J connectivity index is 1.61. The van der Waals surface area contributed by atoms with E-state index in [1.165, 1.54) is 4.90 Å². The van der Waals surface area contributed by atoms with Gasteiger partial charge in [-0.05, 0) is 24.3 Å². The van der Waals surface area contributed by atoms with Crippen molar-refractivity contribution in [2.24, 2.45) is 5.92 Å². The molecule has 0 aromatic heterocycles. The lowest BCUT2D eigenvalue weighted by Crippen LogP contribution is -2.51. The molecule has 0 radical (unpaired) electrons. The zero-order valence-electron chi connectivity index (χ0n) is 16.9. The highest BCUT2D eigenvalue weighted by atomic mass is 19.4. The lowest BCUT2D eigenvalue weighted by molar-refractivity contribution is -0.174. The second kappa shape index (κ2) is 10.0. The van der Waals surface area contributed by atoms with Gasteiger partial charge in [-0.1, -0.05) is 43.2 Å². The zero-order chi connectivity index (χ0) is 22.4. The van der Waals surface area contributed by atoms with Crippen molar-refractivity contribution >= 4 is 18.0 Å². The number of nitrogens with one attached hydrogen (secondary N) is 1. The molecule has 2 atom stereocenters. The first kappa shape index (κ1) is 22.9. The smallest absolute Gasteiger partial charge is 0.466 e. The first-order chi connectivity index (χ1) is 14.7. The number of esters is 1. The summed E-state index contributed by atoms with van der Waals surface area (Å²) in [5.41, 5.74) is 0.744. The molecule has 31 heavy (non-hydrogen) atoms. The molecular weight excluding hydrogens is 417 g/mol. The molecule has 2 aliphatic rings. The number of carbonyl (C=O) groups is 3. The Labute approximate surface area is 177 Å². The first-order valence-corrected chi connectivity index (χ1v) is 10.2. The Kier molecular flexibility index (Phi) is 7.40. The molecule has 10 heteroatoms. The number of likely N-dealkylation sites (tertiary alicyclic amines) is 1. The van der Waals surface area contributed by atoms with E-state index in [0.717, 1.165) is 24.8 Å². The average Bonchev–Trinajstić information content (AvgIpc) is 3.47. The fourth-order valence-corrected chi connectivity index (χ4v) is 3.53. The standard InChI is InChI=1S/C21H25F3N2O5/c22-21(23,24)19(28)25-16-8-10-26(20(29)31-13-15-4-2-1-3-5-15)17(16)12-18(27)30-11-9-14-6-7-14/h1-5,14,16-17H,6-13H2,(H,25,28)/t16-,17+/m0/s1. The van der Waals surface area contributed by atoms with Gasteiger partial charge in [-0.25, -0.2) is 4.79 Å². The Bertz CT molecular complexity index is 783. The van der Waals surface area contributed by atoms with E-state index in [1.807, 2.05) is 11.4 Å². The van der Waals surface area contributed by atoms with Crippen LogP contribution in [0.2, 0.25) is 0 Å². The van der Waals surface area contributed by atoms with E-state index in [9.17, 15) is 27.6 Å². The third kappa shape index (κ3) is 6.86. The Hall–Kier alpha value is -2.78. The van der Waals surface area contributed by atoms with Gasteiger partial charge in [0.25, 0.3) is 0 Å². The van der Waals surface area contributed by atoms with Gasteiger partial charge in [0.15, 0.2) is 0 Å². The lowest BCUT2D eigenvalue weighted by Gasteiger charge is -2.27. The number of rotatable bonds is 8. The van der Waals surface area contributed by atoms with E-state index in [1.54, 1.807) is 24.3 Å². The van der Waals surface area contributed by atoms with Gasteiger partial charge < -0.3 is 19.7 Å². The SMILES string of the molecule is O=C(C[C@@H]1[C@@H](NC(=O)C(F)(F)F)CCN1C(=O)OCc1ccccc1)OCCC1CC1. The summed E-state index contributed by atoms with van der Waals surface area (Å²) >= 11 is 0. The van der Waals surface area contributed by atoms with Gasteiger partial charge in [-0.3, -0.25) is 9.59 Å². The largest absolute Gasteiger partial charge is 0.471 e. The van der Waals surface area contributed by atoms with Gasteiger partial charge in [-0.2, -0.15) is 13.2 Å². The number of amides is 2. The summed E-state index contributed by atoms with van der Waals surface area (Å²) in [7, 11) is 0. The third-order valence-electron chi connectivity index (χ3n) is 5.42. The first-order valence-electron chi connectivity index (χ1n) is 10.2. The highest BCUT2D eigenvalue weighted by Gasteiger charge is 2.45. The molecule has 2 fully saturated rings. The molecule has 3 rings (SSSR count). The Morgan fingerprint density at radius 3 is 2.42 bits per heavy atom. The number of alkyl halides is 3. The molecule has 170 valence electrons. The number of ether oxygens (including phenoxy) is 2. The van der Waals surface area contributed by atoms with Crippen LogP contribution in [0.3, 0.4) is 0 Å². The van der Waals surface area contributed by atoms with E-state index < -0.39 is 36.2 Å². The second-order valence-corrected chi connectivity index (χ2v) is 7.82. The fraction of sp³-hybridized carbons (Fsp3) is 0.571. The molecule has 1 aromatic carbocycles. The fourth-order valence-electron chi connectivity index (χ4n) is 3.53. The van der Waals surface area contributed by atoms with Crippen molar-refractivity contribution < 1.29 is 37.0 Å². The molecule has 2 amide bonds. The minimum atomic E-state index is -5.06. The molecule has 1 saturated heterocycles. The van der Waals surface area contributed by atoms with Gasteiger partial charge >= 0.3 is 24.1 Å². The average molecular weight is 442 g/mol. The van der Waals surface area contributed by atoms with Crippen molar-refractivity contribution in [1.29, 1.82) is 0 Å². The molecule has 1 aliphatic carbocycles. The van der Waals surface area contributed by atoms with Gasteiger partial charge in [0.05, 0.1) is 25.1 Å². The molecule has 1 saturated carbocycles. The molecule has 1 N–H and O–H groups in total. The van der Waals surface area contributed by atoms with Crippen molar-refractivity contribution in [3.8, 4) is 0 Å². The van der Waals surface area contributed by atoms with Crippen molar-refractivity contribution in [1.82, 2.24) is 10.2 Å². The summed E-state index contributed by atoms with van der Waals surface area (Å²) in [5.74, 6) is -2.17. The van der Waals surface area contributed by atoms with E-state index in [4.69, 9.17) is 9.47 Å². The van der Waals surface area contributed by atoms with Crippen LogP contribution in [0, 0.1) is 5.92 Å². The number of hydrogen-bond acceptors (Lipinski definition) is 5. The summed E-state index contributed by atoms with van der Waals surface area (Å²) in [6, 6.07) is 6.88. The number of halogens is 3. The zero-order valence-corrected chi connectivity index (χ0v) is 16.9. The van der Waals surface area contributed by atoms with E-state index in [-0.39, 0.29) is 32.6 Å². The third-order valence-corrected chi connectivity index (χ3v) is 5.42. The maximum Gasteiger partial charge on any atom is 0.471 e. The highest BCUT2D eigenvalue weighted by Crippen LogP contribution is 2.32. The van der Waals surface area contributed by atoms with Crippen LogP contribution in [0.5, 0.6) is 0 Å². The predicted octanol–water partition coefficient (Wildman–Crippen LogP) is 3.18. The molecule has 1 aromatic rings. The van der Waals surface area contributed by atoms with E-state index >= 15 is 0 Å². The molecular formula is C21H25F3N2O5. The van der Waals surface area contributed by atoms with Crippen LogP contribution in [-0.2, 0) is 25.7 Å². The van der Waals surface area contributed by atoms with Crippen LogP contribution in [0.25, 0.3) is 0 Å². The van der Waals surface area contributed by atoms with Crippen LogP contribution in [0.4, 0.5) is 18.0 Å². The molecule has 0 unspecified atom stereocenters. The van der Waals surface area contributed by atoms with Crippen LogP contribution in [-0.4, -0.2) is 54.3 Å².